The Labute approximate surface area is 80.6 Å². The predicted octanol–water partition coefficient (Wildman–Crippen LogP) is 2.33. The molecule has 0 bridgehead atoms. The SMILES string of the molecule is CC#CC1(CCCC)OCCCO1. The Morgan fingerprint density at radius 3 is 2.54 bits per heavy atom. The van der Waals surface area contributed by atoms with Crippen molar-refractivity contribution in [3.05, 3.63) is 0 Å². The van der Waals surface area contributed by atoms with Crippen molar-refractivity contribution < 1.29 is 9.47 Å². The Bertz CT molecular complexity index is 194. The first kappa shape index (κ1) is 10.6. The summed E-state index contributed by atoms with van der Waals surface area (Å²) in [5, 5.41) is 0. The molecule has 0 aromatic heterocycles. The van der Waals surface area contributed by atoms with Crippen LogP contribution in [0.1, 0.15) is 39.5 Å². The minimum Gasteiger partial charge on any atom is -0.340 e. The largest absolute Gasteiger partial charge is 0.340 e. The molecular weight excluding hydrogens is 164 g/mol. The maximum atomic E-state index is 5.61. The van der Waals surface area contributed by atoms with E-state index in [1.54, 1.807) is 0 Å². The van der Waals surface area contributed by atoms with Crippen LogP contribution in [-0.2, 0) is 9.47 Å². The van der Waals surface area contributed by atoms with Crippen LogP contribution in [0.5, 0.6) is 0 Å². The average Bonchev–Trinajstić information content (AvgIpc) is 2.17. The molecule has 0 aromatic carbocycles. The highest BCUT2D eigenvalue weighted by Gasteiger charge is 2.31. The van der Waals surface area contributed by atoms with Gasteiger partial charge in [0.2, 0.25) is 5.79 Å². The van der Waals surface area contributed by atoms with Gasteiger partial charge in [0.15, 0.2) is 0 Å². The van der Waals surface area contributed by atoms with E-state index < -0.39 is 5.79 Å². The van der Waals surface area contributed by atoms with Crippen molar-refractivity contribution in [2.45, 2.75) is 45.3 Å². The molecule has 1 fully saturated rings. The lowest BCUT2D eigenvalue weighted by Gasteiger charge is -2.32. The lowest BCUT2D eigenvalue weighted by atomic mass is 10.1. The zero-order valence-electron chi connectivity index (χ0n) is 8.56. The van der Waals surface area contributed by atoms with Crippen LogP contribution < -0.4 is 0 Å². The molecule has 1 saturated heterocycles. The Hall–Kier alpha value is -0.520. The smallest absolute Gasteiger partial charge is 0.233 e. The van der Waals surface area contributed by atoms with Crippen LogP contribution in [0.2, 0.25) is 0 Å². The normalized spacial score (nSPS) is 20.5. The van der Waals surface area contributed by atoms with Crippen molar-refractivity contribution in [1.82, 2.24) is 0 Å². The maximum absolute atomic E-state index is 5.61. The molecule has 2 heteroatoms. The number of rotatable bonds is 3. The van der Waals surface area contributed by atoms with Gasteiger partial charge < -0.3 is 9.47 Å². The van der Waals surface area contributed by atoms with E-state index >= 15 is 0 Å². The highest BCUT2D eigenvalue weighted by atomic mass is 16.7. The van der Waals surface area contributed by atoms with E-state index in [2.05, 4.69) is 18.8 Å². The van der Waals surface area contributed by atoms with E-state index in [1.807, 2.05) is 6.92 Å². The first-order chi connectivity index (χ1) is 6.33. The van der Waals surface area contributed by atoms with Crippen molar-refractivity contribution in [2.75, 3.05) is 13.2 Å². The molecule has 0 aromatic rings. The fraction of sp³-hybridized carbons (Fsp3) is 0.818. The summed E-state index contributed by atoms with van der Waals surface area (Å²) in [5.41, 5.74) is 0. The van der Waals surface area contributed by atoms with Crippen molar-refractivity contribution in [1.29, 1.82) is 0 Å². The molecule has 1 aliphatic rings. The number of hydrogen-bond donors (Lipinski definition) is 0. The van der Waals surface area contributed by atoms with Crippen LogP contribution in [0, 0.1) is 11.8 Å². The van der Waals surface area contributed by atoms with Crippen LogP contribution in [0.15, 0.2) is 0 Å². The molecule has 13 heavy (non-hydrogen) atoms. The highest BCUT2D eigenvalue weighted by Crippen LogP contribution is 2.24. The third-order valence-corrected chi connectivity index (χ3v) is 2.13. The van der Waals surface area contributed by atoms with Gasteiger partial charge in [-0.3, -0.25) is 0 Å². The van der Waals surface area contributed by atoms with Gasteiger partial charge >= 0.3 is 0 Å². The van der Waals surface area contributed by atoms with E-state index in [9.17, 15) is 0 Å². The molecule has 1 heterocycles. The van der Waals surface area contributed by atoms with Gasteiger partial charge in [-0.1, -0.05) is 13.3 Å². The third-order valence-electron chi connectivity index (χ3n) is 2.13. The Kier molecular flexibility index (Phi) is 4.27. The van der Waals surface area contributed by atoms with E-state index in [0.29, 0.717) is 0 Å². The van der Waals surface area contributed by atoms with Gasteiger partial charge in [-0.25, -0.2) is 0 Å². The number of hydrogen-bond acceptors (Lipinski definition) is 2. The van der Waals surface area contributed by atoms with Crippen molar-refractivity contribution in [2.24, 2.45) is 0 Å². The molecule has 0 unspecified atom stereocenters. The van der Waals surface area contributed by atoms with Gasteiger partial charge in [0.1, 0.15) is 0 Å². The van der Waals surface area contributed by atoms with Crippen LogP contribution in [0.25, 0.3) is 0 Å². The second kappa shape index (κ2) is 5.26. The second-order valence-corrected chi connectivity index (χ2v) is 3.28. The summed E-state index contributed by atoms with van der Waals surface area (Å²) in [6.07, 6.45) is 4.14. The molecule has 1 aliphatic heterocycles. The van der Waals surface area contributed by atoms with Gasteiger partial charge in [0.25, 0.3) is 0 Å². The molecule has 2 nitrogen and oxygen atoms in total. The van der Waals surface area contributed by atoms with E-state index in [-0.39, 0.29) is 0 Å². The van der Waals surface area contributed by atoms with Crippen molar-refractivity contribution in [3.8, 4) is 11.8 Å². The molecule has 0 radical (unpaired) electrons. The number of unbranched alkanes of at least 4 members (excludes halogenated alkanes) is 1. The van der Waals surface area contributed by atoms with Crippen LogP contribution in [-0.4, -0.2) is 19.0 Å². The Morgan fingerprint density at radius 1 is 1.31 bits per heavy atom. The Morgan fingerprint density at radius 2 is 2.00 bits per heavy atom. The summed E-state index contributed by atoms with van der Waals surface area (Å²) in [7, 11) is 0. The van der Waals surface area contributed by atoms with Crippen molar-refractivity contribution >= 4 is 0 Å². The molecule has 0 atom stereocenters. The summed E-state index contributed by atoms with van der Waals surface area (Å²) in [5.74, 6) is 5.35. The molecule has 0 amide bonds. The minimum atomic E-state index is -0.580. The molecule has 1 rings (SSSR count). The van der Waals surface area contributed by atoms with Gasteiger partial charge in [0.05, 0.1) is 13.2 Å². The molecular formula is C11H18O2. The topological polar surface area (TPSA) is 18.5 Å². The van der Waals surface area contributed by atoms with Crippen molar-refractivity contribution in [3.63, 3.8) is 0 Å². The van der Waals surface area contributed by atoms with E-state index in [0.717, 1.165) is 38.9 Å². The average molecular weight is 182 g/mol. The third kappa shape index (κ3) is 3.02. The fourth-order valence-corrected chi connectivity index (χ4v) is 1.45. The zero-order valence-corrected chi connectivity index (χ0v) is 8.56. The zero-order chi connectivity index (χ0) is 9.57. The quantitative estimate of drug-likeness (QED) is 0.624. The highest BCUT2D eigenvalue weighted by molar-refractivity contribution is 5.09. The minimum absolute atomic E-state index is 0.580. The van der Waals surface area contributed by atoms with Crippen LogP contribution in [0.4, 0.5) is 0 Å². The fourth-order valence-electron chi connectivity index (χ4n) is 1.45. The lowest BCUT2D eigenvalue weighted by Crippen LogP contribution is -2.39. The molecule has 0 aliphatic carbocycles. The Balaban J connectivity index is 2.54. The van der Waals surface area contributed by atoms with E-state index in [1.165, 1.54) is 0 Å². The molecule has 74 valence electrons. The predicted molar refractivity (Wildman–Crippen MR) is 52.2 cm³/mol. The summed E-state index contributed by atoms with van der Waals surface area (Å²) in [6.45, 7) is 5.54. The number of ether oxygens (including phenoxy) is 2. The summed E-state index contributed by atoms with van der Waals surface area (Å²) < 4.78 is 11.2. The first-order valence-electron chi connectivity index (χ1n) is 5.05. The van der Waals surface area contributed by atoms with E-state index in [4.69, 9.17) is 9.47 Å². The van der Waals surface area contributed by atoms with Gasteiger partial charge in [-0.15, -0.1) is 5.92 Å². The summed E-state index contributed by atoms with van der Waals surface area (Å²) in [4.78, 5) is 0. The first-order valence-corrected chi connectivity index (χ1v) is 5.05. The molecule has 0 spiro atoms. The molecule has 0 N–H and O–H groups in total. The van der Waals surface area contributed by atoms with Crippen LogP contribution >= 0.6 is 0 Å². The lowest BCUT2D eigenvalue weighted by molar-refractivity contribution is -0.233. The standard InChI is InChI=1S/C11H18O2/c1-3-5-8-11(7-4-2)12-9-6-10-13-11/h3,5-6,8-10H2,1-2H3. The molecule has 0 saturated carbocycles. The monoisotopic (exact) mass is 182 g/mol. The maximum Gasteiger partial charge on any atom is 0.233 e. The summed E-state index contributed by atoms with van der Waals surface area (Å²) in [6, 6.07) is 0. The van der Waals surface area contributed by atoms with Gasteiger partial charge in [-0.05, 0) is 25.7 Å². The van der Waals surface area contributed by atoms with Crippen LogP contribution in [0.3, 0.4) is 0 Å². The van der Waals surface area contributed by atoms with Gasteiger partial charge in [0, 0.05) is 6.42 Å². The summed E-state index contributed by atoms with van der Waals surface area (Å²) >= 11 is 0. The second-order valence-electron chi connectivity index (χ2n) is 3.28. The van der Waals surface area contributed by atoms with Gasteiger partial charge in [-0.2, -0.15) is 0 Å².